The maximum atomic E-state index is 6.03. The molecule has 2 aromatic rings. The summed E-state index contributed by atoms with van der Waals surface area (Å²) in [7, 11) is 0. The van der Waals surface area contributed by atoms with E-state index >= 15 is 0 Å². The Bertz CT molecular complexity index is 802. The second-order valence-corrected chi connectivity index (χ2v) is 8.37. The number of hydrogen-bond acceptors (Lipinski definition) is 5. The topological polar surface area (TPSA) is 90.3 Å². The monoisotopic (exact) mass is 544 g/mol. The van der Waals surface area contributed by atoms with Crippen LogP contribution in [0, 0.1) is 0 Å². The molecule has 1 aromatic carbocycles. The van der Waals surface area contributed by atoms with Crippen molar-refractivity contribution in [2.75, 3.05) is 18.1 Å². The number of nitrogens with one attached hydrogen (secondary N) is 1. The highest BCUT2D eigenvalue weighted by Gasteiger charge is 2.23. The molecule has 9 heteroatoms. The quantitative estimate of drug-likeness (QED) is 0.154. The molecule has 1 fully saturated rings. The number of thioether (sulfide) groups is 1. The van der Waals surface area contributed by atoms with Gasteiger partial charge in [-0.3, -0.25) is 4.99 Å². The van der Waals surface area contributed by atoms with Gasteiger partial charge in [0.25, 0.3) is 0 Å². The Morgan fingerprint density at radius 2 is 1.97 bits per heavy atom. The smallest absolute Gasteiger partial charge is 0.193 e. The third-order valence-electron chi connectivity index (χ3n) is 4.95. The molecular weight excluding hydrogens is 511 g/mol. The van der Waals surface area contributed by atoms with E-state index in [-0.39, 0.29) is 30.1 Å². The van der Waals surface area contributed by atoms with Crippen LogP contribution in [-0.4, -0.2) is 39.6 Å². The van der Waals surface area contributed by atoms with E-state index in [0.29, 0.717) is 18.5 Å². The van der Waals surface area contributed by atoms with E-state index in [1.807, 2.05) is 38.1 Å². The van der Waals surface area contributed by atoms with E-state index in [2.05, 4.69) is 31.3 Å². The number of halogens is 1. The molecule has 0 saturated heterocycles. The first-order valence-electron chi connectivity index (χ1n) is 10.4. The molecule has 166 valence electrons. The predicted octanol–water partition coefficient (Wildman–Crippen LogP) is 4.88. The number of aryl methyl sites for hydroxylation is 1. The van der Waals surface area contributed by atoms with Crippen molar-refractivity contribution in [1.82, 2.24) is 14.8 Å². The van der Waals surface area contributed by atoms with Gasteiger partial charge in [0.2, 0.25) is 0 Å². The van der Waals surface area contributed by atoms with E-state index in [4.69, 9.17) is 10.5 Å². The van der Waals surface area contributed by atoms with E-state index in [0.717, 1.165) is 35.3 Å². The Balaban J connectivity index is 0.00000320. The molecule has 1 aliphatic rings. The number of anilines is 1. The fourth-order valence-corrected chi connectivity index (χ4v) is 4.23. The van der Waals surface area contributed by atoms with E-state index in [9.17, 15) is 0 Å². The van der Waals surface area contributed by atoms with Crippen LogP contribution in [0.15, 0.2) is 34.4 Å². The molecule has 7 nitrogen and oxygen atoms in total. The lowest BCUT2D eigenvalue weighted by molar-refractivity contribution is 0.242. The van der Waals surface area contributed by atoms with E-state index in [1.165, 1.54) is 25.7 Å². The summed E-state index contributed by atoms with van der Waals surface area (Å²) >= 11 is 1.68. The summed E-state index contributed by atoms with van der Waals surface area (Å²) < 4.78 is 8.00. The van der Waals surface area contributed by atoms with Crippen LogP contribution in [0.25, 0.3) is 0 Å². The van der Waals surface area contributed by atoms with E-state index in [1.54, 1.807) is 11.8 Å². The molecule has 1 heterocycles. The predicted molar refractivity (Wildman–Crippen MR) is 135 cm³/mol. The fraction of sp³-hybridized carbons (Fsp3) is 0.571. The van der Waals surface area contributed by atoms with Gasteiger partial charge in [0.05, 0.1) is 6.10 Å². The maximum absolute atomic E-state index is 6.03. The molecule has 0 unspecified atom stereocenters. The minimum absolute atomic E-state index is 0. The Morgan fingerprint density at radius 1 is 1.27 bits per heavy atom. The van der Waals surface area contributed by atoms with E-state index < -0.39 is 0 Å². The van der Waals surface area contributed by atoms with Crippen LogP contribution in [0.5, 0.6) is 5.75 Å². The number of hydrogen-bond donors (Lipinski definition) is 2. The number of nitrogens with two attached hydrogens (primary N) is 1. The van der Waals surface area contributed by atoms with Gasteiger partial charge >= 0.3 is 0 Å². The molecule has 0 bridgehead atoms. The van der Waals surface area contributed by atoms with Crippen LogP contribution in [0.2, 0.25) is 0 Å². The molecule has 0 amide bonds. The summed E-state index contributed by atoms with van der Waals surface area (Å²) in [6, 6.07) is 8.28. The summed E-state index contributed by atoms with van der Waals surface area (Å²) in [5.41, 5.74) is 6.93. The molecule has 3 N–H and O–H groups in total. The minimum Gasteiger partial charge on any atom is -0.491 e. The first kappa shape index (κ1) is 24.8. The summed E-state index contributed by atoms with van der Waals surface area (Å²) in [5.74, 6) is 2.34. The molecular formula is C21H33IN6OS. The van der Waals surface area contributed by atoms with Gasteiger partial charge in [-0.2, -0.15) is 0 Å². The van der Waals surface area contributed by atoms with Crippen LogP contribution in [-0.2, 0) is 6.42 Å². The van der Waals surface area contributed by atoms with Gasteiger partial charge in [0.1, 0.15) is 11.6 Å². The highest BCUT2D eigenvalue weighted by atomic mass is 127. The summed E-state index contributed by atoms with van der Waals surface area (Å²) in [5, 5.41) is 13.0. The molecule has 0 aliphatic heterocycles. The van der Waals surface area contributed by atoms with Gasteiger partial charge in [-0.25, -0.2) is 0 Å². The number of rotatable bonds is 9. The largest absolute Gasteiger partial charge is 0.491 e. The normalized spacial score (nSPS) is 14.7. The lowest BCUT2D eigenvalue weighted by Crippen LogP contribution is -2.23. The lowest BCUT2D eigenvalue weighted by atomic mass is 10.2. The summed E-state index contributed by atoms with van der Waals surface area (Å²) in [6.45, 7) is 4.67. The molecule has 30 heavy (non-hydrogen) atoms. The van der Waals surface area contributed by atoms with Gasteiger partial charge in [0, 0.05) is 24.7 Å². The van der Waals surface area contributed by atoms with Crippen LogP contribution < -0.4 is 15.8 Å². The second-order valence-electron chi connectivity index (χ2n) is 7.60. The van der Waals surface area contributed by atoms with Crippen molar-refractivity contribution >= 4 is 47.4 Å². The molecule has 1 aromatic heterocycles. The molecule has 0 atom stereocenters. The third kappa shape index (κ3) is 7.04. The lowest BCUT2D eigenvalue weighted by Gasteiger charge is -2.16. The van der Waals surface area contributed by atoms with Crippen LogP contribution >= 0.6 is 35.7 Å². The Hall–Kier alpha value is -1.49. The van der Waals surface area contributed by atoms with Crippen molar-refractivity contribution in [3.8, 4) is 5.75 Å². The highest BCUT2D eigenvalue weighted by molar-refractivity contribution is 14.0. The first-order chi connectivity index (χ1) is 14.1. The molecule has 1 aliphatic carbocycles. The van der Waals surface area contributed by atoms with Gasteiger partial charge < -0.3 is 20.4 Å². The van der Waals surface area contributed by atoms with Gasteiger partial charge in [0.15, 0.2) is 11.1 Å². The van der Waals surface area contributed by atoms with Crippen molar-refractivity contribution in [2.24, 2.45) is 10.7 Å². The average Bonchev–Trinajstić information content (AvgIpc) is 3.35. The maximum Gasteiger partial charge on any atom is 0.193 e. The standard InChI is InChI=1S/C21H32N6OS.HI/c1-15(2)28-18-12-10-16(11-13-18)24-20(22)23-14-6-9-19-25-26-21(29-3)27(19)17-7-4-5-8-17;/h10-13,15,17H,4-9,14H2,1-3H3,(H3,22,23,24);1H. The number of aromatic nitrogens is 3. The van der Waals surface area contributed by atoms with Crippen molar-refractivity contribution in [2.45, 2.75) is 69.7 Å². The second kappa shape index (κ2) is 12.4. The zero-order chi connectivity index (χ0) is 20.6. The molecule has 0 spiro atoms. The van der Waals surface area contributed by atoms with Crippen molar-refractivity contribution in [3.05, 3.63) is 30.1 Å². The zero-order valence-electron chi connectivity index (χ0n) is 18.0. The molecule has 3 rings (SSSR count). The summed E-state index contributed by atoms with van der Waals surface area (Å²) in [6.07, 6.45) is 9.04. The Morgan fingerprint density at radius 3 is 2.60 bits per heavy atom. The van der Waals surface area contributed by atoms with Gasteiger partial charge in [-0.05, 0) is 63.6 Å². The number of benzene rings is 1. The Labute approximate surface area is 200 Å². The zero-order valence-corrected chi connectivity index (χ0v) is 21.2. The van der Waals surface area contributed by atoms with Gasteiger partial charge in [-0.1, -0.05) is 24.6 Å². The highest BCUT2D eigenvalue weighted by Crippen LogP contribution is 2.33. The first-order valence-corrected chi connectivity index (χ1v) is 11.6. The molecule has 0 radical (unpaired) electrons. The number of guanidine groups is 1. The van der Waals surface area contributed by atoms with Crippen LogP contribution in [0.4, 0.5) is 5.69 Å². The van der Waals surface area contributed by atoms with Crippen molar-refractivity contribution < 1.29 is 4.74 Å². The number of ether oxygens (including phenoxy) is 1. The third-order valence-corrected chi connectivity index (χ3v) is 5.59. The number of nitrogens with zero attached hydrogens (tertiary/aromatic N) is 4. The minimum atomic E-state index is 0. The van der Waals surface area contributed by atoms with Crippen molar-refractivity contribution in [1.29, 1.82) is 0 Å². The average molecular weight is 545 g/mol. The van der Waals surface area contributed by atoms with Crippen molar-refractivity contribution in [3.63, 3.8) is 0 Å². The molecule has 1 saturated carbocycles. The van der Waals surface area contributed by atoms with Crippen LogP contribution in [0.3, 0.4) is 0 Å². The SMILES string of the molecule is CSc1nnc(CCCN=C(N)Nc2ccc(OC(C)C)cc2)n1C1CCCC1.I. The number of aliphatic imine (C=N–C) groups is 1. The Kier molecular flexibility index (Phi) is 10.2. The van der Waals surface area contributed by atoms with Crippen LogP contribution in [0.1, 0.15) is 57.8 Å². The summed E-state index contributed by atoms with van der Waals surface area (Å²) in [4.78, 5) is 4.45. The fourth-order valence-electron chi connectivity index (χ4n) is 3.66. The van der Waals surface area contributed by atoms with Gasteiger partial charge in [-0.15, -0.1) is 34.2 Å².